The van der Waals surface area contributed by atoms with Crippen LogP contribution in [0.3, 0.4) is 0 Å². The summed E-state index contributed by atoms with van der Waals surface area (Å²) in [7, 11) is 1.92. The van der Waals surface area contributed by atoms with Crippen molar-refractivity contribution in [1.29, 1.82) is 0 Å². The van der Waals surface area contributed by atoms with E-state index >= 15 is 0 Å². The molecule has 0 radical (unpaired) electrons. The van der Waals surface area contributed by atoms with Crippen molar-refractivity contribution in [2.75, 3.05) is 0 Å². The van der Waals surface area contributed by atoms with Gasteiger partial charge in [0.15, 0.2) is 11.0 Å². The van der Waals surface area contributed by atoms with Crippen LogP contribution in [-0.2, 0) is 12.8 Å². The number of hydrogen-bond donors (Lipinski definition) is 1. The van der Waals surface area contributed by atoms with E-state index in [0.29, 0.717) is 5.56 Å². The predicted octanol–water partition coefficient (Wildman–Crippen LogP) is 4.36. The van der Waals surface area contributed by atoms with Crippen molar-refractivity contribution in [2.24, 2.45) is 7.05 Å². The van der Waals surface area contributed by atoms with Gasteiger partial charge in [0.05, 0.1) is 6.04 Å². The van der Waals surface area contributed by atoms with Crippen molar-refractivity contribution in [2.45, 2.75) is 23.9 Å². The standard InChI is InChI=1S/C19H19BrN4OS/c1-13(21-18(25)15-6-4-3-5-7-15)17-22-23-19(24(17)2)26-12-14-8-10-16(20)11-9-14/h3-11,13H,12H2,1-2H3,(H,21,25)/t13-/m1/s1. The van der Waals surface area contributed by atoms with Crippen LogP contribution in [0.2, 0.25) is 0 Å². The van der Waals surface area contributed by atoms with Gasteiger partial charge in [0.25, 0.3) is 5.91 Å². The van der Waals surface area contributed by atoms with Crippen LogP contribution in [0.25, 0.3) is 0 Å². The number of carbonyl (C=O) groups is 1. The Morgan fingerprint density at radius 3 is 2.54 bits per heavy atom. The molecule has 0 unspecified atom stereocenters. The molecule has 0 saturated carbocycles. The molecule has 0 fully saturated rings. The van der Waals surface area contributed by atoms with Gasteiger partial charge in [0, 0.05) is 22.8 Å². The van der Waals surface area contributed by atoms with Crippen molar-refractivity contribution in [3.05, 3.63) is 76.0 Å². The number of benzene rings is 2. The summed E-state index contributed by atoms with van der Waals surface area (Å²) in [5, 5.41) is 12.3. The molecule has 1 amide bonds. The SMILES string of the molecule is C[C@@H](NC(=O)c1ccccc1)c1nnc(SCc2ccc(Br)cc2)n1C. The zero-order chi connectivity index (χ0) is 18.5. The summed E-state index contributed by atoms with van der Waals surface area (Å²) < 4.78 is 3.00. The topological polar surface area (TPSA) is 59.8 Å². The van der Waals surface area contributed by atoms with Crippen LogP contribution in [-0.4, -0.2) is 20.7 Å². The molecule has 0 saturated heterocycles. The number of aromatic nitrogens is 3. The molecule has 7 heteroatoms. The molecule has 1 aromatic heterocycles. The Hall–Kier alpha value is -2.12. The third-order valence-electron chi connectivity index (χ3n) is 3.92. The Labute approximate surface area is 165 Å². The minimum atomic E-state index is -0.234. The van der Waals surface area contributed by atoms with Crippen LogP contribution in [0.15, 0.2) is 64.2 Å². The first-order valence-corrected chi connectivity index (χ1v) is 9.95. The van der Waals surface area contributed by atoms with E-state index in [2.05, 4.69) is 43.6 Å². The Morgan fingerprint density at radius 1 is 1.15 bits per heavy atom. The van der Waals surface area contributed by atoms with Crippen molar-refractivity contribution >= 4 is 33.6 Å². The van der Waals surface area contributed by atoms with E-state index in [-0.39, 0.29) is 11.9 Å². The van der Waals surface area contributed by atoms with Gasteiger partial charge in [-0.15, -0.1) is 10.2 Å². The number of halogens is 1. The quantitative estimate of drug-likeness (QED) is 0.590. The molecule has 2 aromatic carbocycles. The molecule has 5 nitrogen and oxygen atoms in total. The number of hydrogen-bond acceptors (Lipinski definition) is 4. The number of nitrogens with zero attached hydrogens (tertiary/aromatic N) is 3. The van der Waals surface area contributed by atoms with E-state index in [1.54, 1.807) is 23.9 Å². The molecule has 0 aliphatic carbocycles. The van der Waals surface area contributed by atoms with Crippen molar-refractivity contribution in [3.63, 3.8) is 0 Å². The average Bonchev–Trinajstić information content (AvgIpc) is 3.02. The first-order valence-electron chi connectivity index (χ1n) is 8.17. The molecule has 26 heavy (non-hydrogen) atoms. The second-order valence-corrected chi connectivity index (χ2v) is 7.73. The lowest BCUT2D eigenvalue weighted by atomic mass is 10.2. The molecule has 1 heterocycles. The van der Waals surface area contributed by atoms with Crippen molar-refractivity contribution in [3.8, 4) is 0 Å². The maximum absolute atomic E-state index is 12.3. The molecule has 3 aromatic rings. The number of carbonyl (C=O) groups excluding carboxylic acids is 1. The first-order chi connectivity index (χ1) is 12.5. The van der Waals surface area contributed by atoms with Crippen LogP contribution >= 0.6 is 27.7 Å². The highest BCUT2D eigenvalue weighted by Crippen LogP contribution is 2.24. The zero-order valence-electron chi connectivity index (χ0n) is 14.5. The summed E-state index contributed by atoms with van der Waals surface area (Å²) in [6, 6.07) is 17.1. The van der Waals surface area contributed by atoms with Crippen LogP contribution in [0.1, 0.15) is 34.7 Å². The molecular formula is C19H19BrN4OS. The lowest BCUT2D eigenvalue weighted by Gasteiger charge is -2.13. The molecule has 1 N–H and O–H groups in total. The number of rotatable bonds is 6. The highest BCUT2D eigenvalue weighted by molar-refractivity contribution is 9.10. The predicted molar refractivity (Wildman–Crippen MR) is 107 cm³/mol. The van der Waals surface area contributed by atoms with Gasteiger partial charge < -0.3 is 9.88 Å². The maximum atomic E-state index is 12.3. The molecule has 134 valence electrons. The summed E-state index contributed by atoms with van der Waals surface area (Å²) in [6.45, 7) is 1.91. The van der Waals surface area contributed by atoms with E-state index in [0.717, 1.165) is 21.2 Å². The lowest BCUT2D eigenvalue weighted by molar-refractivity contribution is 0.0937. The van der Waals surface area contributed by atoms with Crippen LogP contribution < -0.4 is 5.32 Å². The summed E-state index contributed by atoms with van der Waals surface area (Å²) in [5.74, 6) is 1.42. The number of amides is 1. The third kappa shape index (κ3) is 4.53. The molecular weight excluding hydrogens is 412 g/mol. The molecule has 3 rings (SSSR count). The molecule has 0 spiro atoms. The van der Waals surface area contributed by atoms with Gasteiger partial charge in [-0.3, -0.25) is 4.79 Å². The number of thioether (sulfide) groups is 1. The van der Waals surface area contributed by atoms with Crippen LogP contribution in [0.5, 0.6) is 0 Å². The maximum Gasteiger partial charge on any atom is 0.251 e. The van der Waals surface area contributed by atoms with Gasteiger partial charge in [-0.25, -0.2) is 0 Å². The van der Waals surface area contributed by atoms with Crippen molar-refractivity contribution < 1.29 is 4.79 Å². The summed E-state index contributed by atoms with van der Waals surface area (Å²) in [4.78, 5) is 12.3. The largest absolute Gasteiger partial charge is 0.342 e. The van der Waals surface area contributed by atoms with Gasteiger partial charge in [0.1, 0.15) is 0 Å². The van der Waals surface area contributed by atoms with E-state index in [9.17, 15) is 4.79 Å². The van der Waals surface area contributed by atoms with E-state index in [4.69, 9.17) is 0 Å². The Morgan fingerprint density at radius 2 is 1.85 bits per heavy atom. The highest BCUT2D eigenvalue weighted by atomic mass is 79.9. The van der Waals surface area contributed by atoms with Crippen molar-refractivity contribution in [1.82, 2.24) is 20.1 Å². The number of nitrogens with one attached hydrogen (secondary N) is 1. The minimum Gasteiger partial charge on any atom is -0.342 e. The fraction of sp³-hybridized carbons (Fsp3) is 0.211. The molecule has 0 aliphatic rings. The van der Waals surface area contributed by atoms with E-state index in [1.807, 2.05) is 48.9 Å². The van der Waals surface area contributed by atoms with Gasteiger partial charge in [-0.2, -0.15) is 0 Å². The average molecular weight is 431 g/mol. The fourth-order valence-corrected chi connectivity index (χ4v) is 3.63. The fourth-order valence-electron chi connectivity index (χ4n) is 2.49. The summed E-state index contributed by atoms with van der Waals surface area (Å²) in [6.07, 6.45) is 0. The third-order valence-corrected chi connectivity index (χ3v) is 5.54. The molecule has 0 aliphatic heterocycles. The van der Waals surface area contributed by atoms with Gasteiger partial charge in [-0.1, -0.05) is 58.0 Å². The van der Waals surface area contributed by atoms with Gasteiger partial charge in [0.2, 0.25) is 0 Å². The first kappa shape index (κ1) is 18.7. The Kier molecular flexibility index (Phi) is 6.11. The normalized spacial score (nSPS) is 12.0. The monoisotopic (exact) mass is 430 g/mol. The molecule has 0 bridgehead atoms. The summed E-state index contributed by atoms with van der Waals surface area (Å²) in [5.41, 5.74) is 1.85. The van der Waals surface area contributed by atoms with Gasteiger partial charge in [-0.05, 0) is 36.8 Å². The van der Waals surface area contributed by atoms with E-state index in [1.165, 1.54) is 5.56 Å². The second-order valence-electron chi connectivity index (χ2n) is 5.88. The Bertz CT molecular complexity index is 880. The Balaban J connectivity index is 1.64. The minimum absolute atomic E-state index is 0.120. The summed E-state index contributed by atoms with van der Waals surface area (Å²) >= 11 is 5.06. The van der Waals surface area contributed by atoms with Crippen LogP contribution in [0, 0.1) is 0 Å². The highest BCUT2D eigenvalue weighted by Gasteiger charge is 2.18. The molecule has 1 atom stereocenters. The van der Waals surface area contributed by atoms with Crippen LogP contribution in [0.4, 0.5) is 0 Å². The smallest absolute Gasteiger partial charge is 0.251 e. The lowest BCUT2D eigenvalue weighted by Crippen LogP contribution is -2.28. The van der Waals surface area contributed by atoms with Gasteiger partial charge >= 0.3 is 0 Å². The zero-order valence-corrected chi connectivity index (χ0v) is 16.9. The van der Waals surface area contributed by atoms with E-state index < -0.39 is 0 Å². The second kappa shape index (κ2) is 8.51.